The number of imidazole rings is 1. The summed E-state index contributed by atoms with van der Waals surface area (Å²) < 4.78 is 16.1. The second-order valence-electron chi connectivity index (χ2n) is 4.35. The summed E-state index contributed by atoms with van der Waals surface area (Å²) in [6, 6.07) is 11.0. The Morgan fingerprint density at radius 1 is 1.26 bits per heavy atom. The molecule has 5 heteroatoms. The van der Waals surface area contributed by atoms with Crippen molar-refractivity contribution in [2.45, 2.75) is 6.92 Å². The summed E-state index contributed by atoms with van der Waals surface area (Å²) in [5.74, 6) is 0.105. The molecule has 2 N–H and O–H groups in total. The van der Waals surface area contributed by atoms with Crippen LogP contribution in [0.1, 0.15) is 5.56 Å². The lowest BCUT2D eigenvalue weighted by Gasteiger charge is -2.09. The zero-order valence-electron chi connectivity index (χ0n) is 10.2. The van der Waals surface area contributed by atoms with Gasteiger partial charge in [0.15, 0.2) is 0 Å². The Morgan fingerprint density at radius 3 is 2.74 bits per heavy atom. The minimum absolute atomic E-state index is 0.261. The number of benzene rings is 2. The van der Waals surface area contributed by atoms with E-state index in [4.69, 9.17) is 5.73 Å². The van der Waals surface area contributed by atoms with Crippen molar-refractivity contribution >= 4 is 39.6 Å². The number of nitrogen functional groups attached to an aromatic ring is 1. The Hall–Kier alpha value is -1.63. The predicted octanol–water partition coefficient (Wildman–Crippen LogP) is 3.66. The third-order valence-corrected chi connectivity index (χ3v) is 3.91. The zero-order chi connectivity index (χ0) is 13.6. The van der Waals surface area contributed by atoms with Crippen molar-refractivity contribution in [3.05, 3.63) is 51.3 Å². The normalized spacial score (nSPS) is 11.1. The van der Waals surface area contributed by atoms with Crippen LogP contribution in [0.15, 0.2) is 36.4 Å². The fraction of sp³-hybridized carbons (Fsp3) is 0.0714. The Bertz CT molecular complexity index is 780. The highest BCUT2D eigenvalue weighted by atomic mass is 127. The van der Waals surface area contributed by atoms with Gasteiger partial charge in [-0.1, -0.05) is 18.2 Å². The zero-order valence-corrected chi connectivity index (χ0v) is 12.3. The van der Waals surface area contributed by atoms with Gasteiger partial charge in [0.25, 0.3) is 0 Å². The second kappa shape index (κ2) is 4.48. The summed E-state index contributed by atoms with van der Waals surface area (Å²) in [6.45, 7) is 1.99. The van der Waals surface area contributed by atoms with Crippen molar-refractivity contribution < 1.29 is 4.39 Å². The van der Waals surface area contributed by atoms with Gasteiger partial charge in [-0.05, 0) is 47.2 Å². The summed E-state index contributed by atoms with van der Waals surface area (Å²) >= 11 is 1.95. The molecule has 0 unspecified atom stereocenters. The molecule has 19 heavy (non-hydrogen) atoms. The molecule has 0 spiro atoms. The number of aromatic nitrogens is 2. The minimum Gasteiger partial charge on any atom is -0.369 e. The molecule has 0 aliphatic rings. The van der Waals surface area contributed by atoms with Crippen LogP contribution in [-0.4, -0.2) is 9.55 Å². The molecule has 0 saturated carbocycles. The molecule has 0 atom stereocenters. The van der Waals surface area contributed by atoms with Gasteiger partial charge in [0, 0.05) is 6.07 Å². The smallest absolute Gasteiger partial charge is 0.205 e. The second-order valence-corrected chi connectivity index (χ2v) is 5.51. The van der Waals surface area contributed by atoms with Crippen LogP contribution in [0, 0.1) is 16.3 Å². The monoisotopic (exact) mass is 367 g/mol. The van der Waals surface area contributed by atoms with Crippen LogP contribution >= 0.6 is 22.6 Å². The van der Waals surface area contributed by atoms with E-state index in [9.17, 15) is 4.39 Å². The maximum atomic E-state index is 13.8. The molecule has 1 heterocycles. The fourth-order valence-corrected chi connectivity index (χ4v) is 2.61. The number of aryl methyl sites for hydroxylation is 1. The third kappa shape index (κ3) is 1.98. The van der Waals surface area contributed by atoms with Crippen LogP contribution in [0.5, 0.6) is 0 Å². The molecule has 0 amide bonds. The van der Waals surface area contributed by atoms with Gasteiger partial charge in [-0.3, -0.25) is 4.57 Å². The van der Waals surface area contributed by atoms with E-state index in [1.165, 1.54) is 6.07 Å². The molecule has 3 nitrogen and oxygen atoms in total. The van der Waals surface area contributed by atoms with Crippen molar-refractivity contribution in [3.8, 4) is 5.69 Å². The summed E-state index contributed by atoms with van der Waals surface area (Å²) in [7, 11) is 0. The lowest BCUT2D eigenvalue weighted by Crippen LogP contribution is -2.02. The van der Waals surface area contributed by atoms with E-state index in [-0.39, 0.29) is 5.82 Å². The van der Waals surface area contributed by atoms with Gasteiger partial charge >= 0.3 is 0 Å². The van der Waals surface area contributed by atoms with Crippen molar-refractivity contribution in [2.24, 2.45) is 0 Å². The minimum atomic E-state index is -0.261. The Kier molecular flexibility index (Phi) is 2.93. The largest absolute Gasteiger partial charge is 0.369 e. The highest BCUT2D eigenvalue weighted by Gasteiger charge is 2.13. The average Bonchev–Trinajstić information content (AvgIpc) is 2.66. The van der Waals surface area contributed by atoms with E-state index in [2.05, 4.69) is 4.98 Å². The number of nitrogens with two attached hydrogens (primary N) is 1. The Balaban J connectivity index is 2.38. The number of anilines is 1. The molecule has 0 aliphatic carbocycles. The summed E-state index contributed by atoms with van der Waals surface area (Å²) in [5.41, 5.74) is 9.35. The molecule has 3 rings (SSSR count). The highest BCUT2D eigenvalue weighted by Crippen LogP contribution is 2.27. The molecule has 0 radical (unpaired) electrons. The van der Waals surface area contributed by atoms with Crippen LogP contribution in [0.3, 0.4) is 0 Å². The number of hydrogen-bond acceptors (Lipinski definition) is 2. The predicted molar refractivity (Wildman–Crippen MR) is 82.9 cm³/mol. The summed E-state index contributed by atoms with van der Waals surface area (Å²) in [6.07, 6.45) is 0. The first-order chi connectivity index (χ1) is 9.08. The molecule has 0 saturated heterocycles. The van der Waals surface area contributed by atoms with Crippen molar-refractivity contribution in [1.29, 1.82) is 0 Å². The average molecular weight is 367 g/mol. The molecular formula is C14H11FIN3. The fourth-order valence-electron chi connectivity index (χ4n) is 2.16. The number of halogens is 2. The van der Waals surface area contributed by atoms with Gasteiger partial charge < -0.3 is 5.73 Å². The van der Waals surface area contributed by atoms with E-state index >= 15 is 0 Å². The van der Waals surface area contributed by atoms with E-state index in [0.717, 1.165) is 11.3 Å². The summed E-state index contributed by atoms with van der Waals surface area (Å²) in [4.78, 5) is 4.30. The maximum Gasteiger partial charge on any atom is 0.205 e. The first-order valence-electron chi connectivity index (χ1n) is 5.77. The quantitative estimate of drug-likeness (QED) is 0.668. The molecule has 0 fully saturated rings. The van der Waals surface area contributed by atoms with Crippen molar-refractivity contribution in [3.63, 3.8) is 0 Å². The molecule has 2 aromatic carbocycles. The molecule has 3 aromatic rings. The highest BCUT2D eigenvalue weighted by molar-refractivity contribution is 14.1. The van der Waals surface area contributed by atoms with Crippen molar-refractivity contribution in [2.75, 3.05) is 5.73 Å². The van der Waals surface area contributed by atoms with E-state index in [1.807, 2.05) is 53.8 Å². The van der Waals surface area contributed by atoms with Crippen LogP contribution in [-0.2, 0) is 0 Å². The maximum absolute atomic E-state index is 13.8. The molecule has 96 valence electrons. The summed E-state index contributed by atoms with van der Waals surface area (Å²) in [5, 5.41) is 0. The van der Waals surface area contributed by atoms with Crippen molar-refractivity contribution in [1.82, 2.24) is 9.55 Å². The number of nitrogens with zero attached hydrogens (tertiary/aromatic N) is 2. The Morgan fingerprint density at radius 2 is 2.00 bits per heavy atom. The van der Waals surface area contributed by atoms with Crippen LogP contribution < -0.4 is 5.73 Å². The van der Waals surface area contributed by atoms with Gasteiger partial charge in [0.2, 0.25) is 5.95 Å². The van der Waals surface area contributed by atoms with Gasteiger partial charge in [-0.25, -0.2) is 9.37 Å². The van der Waals surface area contributed by atoms with Crippen LogP contribution in [0.2, 0.25) is 0 Å². The first kappa shape index (κ1) is 12.4. The van der Waals surface area contributed by atoms with Crippen LogP contribution in [0.25, 0.3) is 16.7 Å². The van der Waals surface area contributed by atoms with Gasteiger partial charge in [0.05, 0.1) is 20.3 Å². The number of hydrogen-bond donors (Lipinski definition) is 1. The van der Waals surface area contributed by atoms with Gasteiger partial charge in [-0.15, -0.1) is 0 Å². The van der Waals surface area contributed by atoms with E-state index in [1.54, 1.807) is 10.6 Å². The molecular weight excluding hydrogens is 356 g/mol. The Labute approximate surface area is 123 Å². The topological polar surface area (TPSA) is 43.8 Å². The number of para-hydroxylation sites is 1. The third-order valence-electron chi connectivity index (χ3n) is 3.08. The van der Waals surface area contributed by atoms with Gasteiger partial charge in [-0.2, -0.15) is 0 Å². The lowest BCUT2D eigenvalue weighted by atomic mass is 10.2. The van der Waals surface area contributed by atoms with Crippen LogP contribution in [0.4, 0.5) is 10.3 Å². The molecule has 0 aliphatic heterocycles. The van der Waals surface area contributed by atoms with E-state index < -0.39 is 0 Å². The van der Waals surface area contributed by atoms with Gasteiger partial charge in [0.1, 0.15) is 5.82 Å². The first-order valence-corrected chi connectivity index (χ1v) is 6.85. The number of rotatable bonds is 1. The molecule has 1 aromatic heterocycles. The lowest BCUT2D eigenvalue weighted by molar-refractivity contribution is 0.622. The SMILES string of the molecule is Cc1ccccc1-n1c(N)nc2cc(I)c(F)cc21. The van der Waals surface area contributed by atoms with E-state index in [0.29, 0.717) is 20.6 Å². The number of fused-ring (bicyclic) bond motifs is 1. The standard InChI is InChI=1S/C14H11FIN3/c1-8-4-2-3-5-12(8)19-13-6-9(15)10(16)7-11(13)18-14(19)17/h2-7H,1H3,(H2,17,18). The molecule has 0 bridgehead atoms.